The second-order valence-electron chi connectivity index (χ2n) is 5.13. The van der Waals surface area contributed by atoms with Gasteiger partial charge in [-0.3, -0.25) is 0 Å². The molecule has 1 aromatic rings. The van der Waals surface area contributed by atoms with Crippen molar-refractivity contribution >= 4 is 27.4 Å². The van der Waals surface area contributed by atoms with E-state index in [-0.39, 0.29) is 21.8 Å². The highest BCUT2D eigenvalue weighted by molar-refractivity contribution is 7.89. The largest absolute Gasteiger partial charge is 0.307 e. The van der Waals surface area contributed by atoms with Gasteiger partial charge in [0.1, 0.15) is 4.90 Å². The van der Waals surface area contributed by atoms with Crippen LogP contribution in [0.25, 0.3) is 0 Å². The molecule has 0 saturated carbocycles. The van der Waals surface area contributed by atoms with Crippen LogP contribution in [0.2, 0.25) is 5.02 Å². The summed E-state index contributed by atoms with van der Waals surface area (Å²) in [6, 6.07) is 1.55. The summed E-state index contributed by atoms with van der Waals surface area (Å²) >= 11 is 5.90. The van der Waals surface area contributed by atoms with Crippen molar-refractivity contribution in [3.63, 3.8) is 0 Å². The first-order chi connectivity index (χ1) is 9.94. The summed E-state index contributed by atoms with van der Waals surface area (Å²) in [7, 11) is -1.61. The number of nitrogens with one attached hydrogen (secondary N) is 2. The summed E-state index contributed by atoms with van der Waals surface area (Å²) in [4.78, 5) is 6.09. The van der Waals surface area contributed by atoms with Crippen LogP contribution >= 0.6 is 11.6 Å². The molecule has 21 heavy (non-hydrogen) atoms. The smallest absolute Gasteiger partial charge is 0.242 e. The first-order valence-electron chi connectivity index (χ1n) is 6.76. The molecule has 0 radical (unpaired) electrons. The summed E-state index contributed by atoms with van der Waals surface area (Å²) in [5.41, 5.74) is 2.30. The van der Waals surface area contributed by atoms with Crippen molar-refractivity contribution in [2.24, 2.45) is 5.84 Å². The summed E-state index contributed by atoms with van der Waals surface area (Å²) in [5.74, 6) is 5.45. The number of nitrogen functional groups attached to an aromatic ring is 1. The van der Waals surface area contributed by atoms with E-state index in [1.54, 1.807) is 0 Å². The van der Waals surface area contributed by atoms with Crippen LogP contribution in [0.3, 0.4) is 0 Å². The normalized spacial score (nSPS) is 20.4. The van der Waals surface area contributed by atoms with Crippen molar-refractivity contribution in [1.82, 2.24) is 14.6 Å². The Hall–Kier alpha value is -0.930. The minimum absolute atomic E-state index is 0.0324. The Morgan fingerprint density at radius 1 is 1.52 bits per heavy atom. The van der Waals surface area contributed by atoms with E-state index in [1.807, 2.05) is 7.05 Å². The lowest BCUT2D eigenvalue weighted by molar-refractivity contribution is 0.187. The number of rotatable bonds is 5. The molecular weight excluding hydrogens is 314 g/mol. The Labute approximate surface area is 129 Å². The SMILES string of the molecule is CN1CCCCC1CNS(=O)(=O)c1cnc(NN)c(Cl)c1. The number of pyridine rings is 1. The molecule has 1 fully saturated rings. The number of sulfonamides is 1. The number of hydrogen-bond donors (Lipinski definition) is 3. The molecule has 0 spiro atoms. The molecule has 7 nitrogen and oxygen atoms in total. The predicted molar refractivity (Wildman–Crippen MR) is 82.5 cm³/mol. The van der Waals surface area contributed by atoms with Crippen LogP contribution in [-0.2, 0) is 10.0 Å². The molecule has 0 amide bonds. The molecule has 4 N–H and O–H groups in total. The third kappa shape index (κ3) is 4.04. The summed E-state index contributed by atoms with van der Waals surface area (Å²) in [5, 5.41) is 0.162. The molecular formula is C12H20ClN5O2S. The molecule has 1 atom stereocenters. The predicted octanol–water partition coefficient (Wildman–Crippen LogP) is 0.783. The number of halogens is 1. The van der Waals surface area contributed by atoms with Gasteiger partial charge in [-0.1, -0.05) is 18.0 Å². The van der Waals surface area contributed by atoms with Gasteiger partial charge in [0.25, 0.3) is 0 Å². The van der Waals surface area contributed by atoms with Gasteiger partial charge >= 0.3 is 0 Å². The number of piperidine rings is 1. The summed E-state index contributed by atoms with van der Waals surface area (Å²) in [6.07, 6.45) is 4.51. The van der Waals surface area contributed by atoms with Crippen molar-refractivity contribution in [2.45, 2.75) is 30.2 Å². The Morgan fingerprint density at radius 2 is 2.29 bits per heavy atom. The van der Waals surface area contributed by atoms with Crippen LogP contribution in [0.5, 0.6) is 0 Å². The molecule has 1 aliphatic heterocycles. The number of aromatic nitrogens is 1. The van der Waals surface area contributed by atoms with E-state index in [0.717, 1.165) is 25.8 Å². The van der Waals surface area contributed by atoms with Gasteiger partial charge in [0.2, 0.25) is 10.0 Å². The molecule has 0 aromatic carbocycles. The Bertz CT molecular complexity index is 595. The minimum atomic E-state index is -3.62. The van der Waals surface area contributed by atoms with Crippen molar-refractivity contribution < 1.29 is 8.42 Å². The first kappa shape index (κ1) is 16.4. The van der Waals surface area contributed by atoms with Crippen LogP contribution in [0.4, 0.5) is 5.82 Å². The van der Waals surface area contributed by atoms with Gasteiger partial charge in [0.05, 0.1) is 5.02 Å². The maximum atomic E-state index is 12.3. The molecule has 1 aromatic heterocycles. The highest BCUT2D eigenvalue weighted by atomic mass is 35.5. The molecule has 1 saturated heterocycles. The van der Waals surface area contributed by atoms with Gasteiger partial charge < -0.3 is 10.3 Å². The van der Waals surface area contributed by atoms with Gasteiger partial charge in [-0.2, -0.15) is 0 Å². The Kier molecular flexibility index (Phi) is 5.39. The van der Waals surface area contributed by atoms with Gasteiger partial charge in [-0.15, -0.1) is 0 Å². The Balaban J connectivity index is 2.06. The van der Waals surface area contributed by atoms with E-state index < -0.39 is 10.0 Å². The van der Waals surface area contributed by atoms with Crippen LogP contribution in [0.1, 0.15) is 19.3 Å². The van der Waals surface area contributed by atoms with Crippen LogP contribution < -0.4 is 16.0 Å². The molecule has 2 heterocycles. The maximum Gasteiger partial charge on any atom is 0.242 e. The third-order valence-corrected chi connectivity index (χ3v) is 5.37. The van der Waals surface area contributed by atoms with Gasteiger partial charge in [-0.05, 0) is 32.5 Å². The first-order valence-corrected chi connectivity index (χ1v) is 8.62. The topological polar surface area (TPSA) is 100 Å². The fourth-order valence-corrected chi connectivity index (χ4v) is 3.69. The average molecular weight is 334 g/mol. The van der Waals surface area contributed by atoms with Crippen molar-refractivity contribution in [2.75, 3.05) is 25.6 Å². The quantitative estimate of drug-likeness (QED) is 0.544. The summed E-state index contributed by atoms with van der Waals surface area (Å²) in [6.45, 7) is 1.38. The van der Waals surface area contributed by atoms with E-state index in [4.69, 9.17) is 17.4 Å². The van der Waals surface area contributed by atoms with Crippen molar-refractivity contribution in [3.05, 3.63) is 17.3 Å². The number of likely N-dealkylation sites (N-methyl/N-ethyl adjacent to an activating group) is 1. The lowest BCUT2D eigenvalue weighted by Crippen LogP contribution is -2.44. The highest BCUT2D eigenvalue weighted by Gasteiger charge is 2.22. The van der Waals surface area contributed by atoms with E-state index in [9.17, 15) is 8.42 Å². The van der Waals surface area contributed by atoms with Crippen LogP contribution in [-0.4, -0.2) is 44.5 Å². The van der Waals surface area contributed by atoms with Crippen LogP contribution in [0.15, 0.2) is 17.2 Å². The highest BCUT2D eigenvalue weighted by Crippen LogP contribution is 2.22. The monoisotopic (exact) mass is 333 g/mol. The average Bonchev–Trinajstić information content (AvgIpc) is 2.46. The number of likely N-dealkylation sites (tertiary alicyclic amines) is 1. The molecule has 118 valence electrons. The van der Waals surface area contributed by atoms with E-state index in [0.29, 0.717) is 6.54 Å². The van der Waals surface area contributed by atoms with E-state index in [1.165, 1.54) is 12.3 Å². The zero-order valence-corrected chi connectivity index (χ0v) is 13.4. The van der Waals surface area contributed by atoms with Crippen molar-refractivity contribution in [1.29, 1.82) is 0 Å². The minimum Gasteiger partial charge on any atom is -0.307 e. The molecule has 0 bridgehead atoms. The van der Waals surface area contributed by atoms with Crippen molar-refractivity contribution in [3.8, 4) is 0 Å². The van der Waals surface area contributed by atoms with Gasteiger partial charge in [0, 0.05) is 18.8 Å². The standard InChI is InChI=1S/C12H20ClN5O2S/c1-18-5-3-2-4-9(18)7-16-21(19,20)10-6-11(13)12(17-14)15-8-10/h6,8-9,16H,2-5,7,14H2,1H3,(H,15,17). The second-order valence-corrected chi connectivity index (χ2v) is 7.30. The number of anilines is 1. The second kappa shape index (κ2) is 6.89. The fourth-order valence-electron chi connectivity index (χ4n) is 2.36. The zero-order chi connectivity index (χ0) is 15.5. The molecule has 1 unspecified atom stereocenters. The lowest BCUT2D eigenvalue weighted by Gasteiger charge is -2.32. The maximum absolute atomic E-state index is 12.3. The molecule has 9 heteroatoms. The number of hydrazine groups is 1. The zero-order valence-electron chi connectivity index (χ0n) is 11.8. The van der Waals surface area contributed by atoms with E-state index >= 15 is 0 Å². The molecule has 1 aliphatic rings. The number of hydrogen-bond acceptors (Lipinski definition) is 6. The van der Waals surface area contributed by atoms with Crippen LogP contribution in [0, 0.1) is 0 Å². The summed E-state index contributed by atoms with van der Waals surface area (Å²) < 4.78 is 27.1. The third-order valence-electron chi connectivity index (χ3n) is 3.69. The van der Waals surface area contributed by atoms with E-state index in [2.05, 4.69) is 20.0 Å². The lowest BCUT2D eigenvalue weighted by atomic mass is 10.0. The Morgan fingerprint density at radius 3 is 2.90 bits per heavy atom. The number of nitrogens with two attached hydrogens (primary N) is 1. The molecule has 2 rings (SSSR count). The molecule has 0 aliphatic carbocycles. The van der Waals surface area contributed by atoms with Gasteiger partial charge in [0.15, 0.2) is 5.82 Å². The fraction of sp³-hybridized carbons (Fsp3) is 0.583. The number of nitrogens with zero attached hydrogens (tertiary/aromatic N) is 2. The van der Waals surface area contributed by atoms with Gasteiger partial charge in [-0.25, -0.2) is 24.0 Å².